The van der Waals surface area contributed by atoms with Gasteiger partial charge in [-0.3, -0.25) is 9.78 Å². The number of ether oxygens (including phenoxy) is 1. The Morgan fingerprint density at radius 3 is 2.57 bits per heavy atom. The summed E-state index contributed by atoms with van der Waals surface area (Å²) in [6.45, 7) is 0. The number of carbonyl (C=O) groups excluding carboxylic acids is 1. The molecule has 0 unspecified atom stereocenters. The highest BCUT2D eigenvalue weighted by atomic mass is 35.5. The number of pyridine rings is 1. The maximum Gasteiger partial charge on any atom is 0.287 e. The van der Waals surface area contributed by atoms with Gasteiger partial charge in [0.2, 0.25) is 0 Å². The van der Waals surface area contributed by atoms with Crippen LogP contribution in [0.25, 0.3) is 22.5 Å². The van der Waals surface area contributed by atoms with Crippen LogP contribution < -0.4 is 4.74 Å². The predicted molar refractivity (Wildman–Crippen MR) is 89.0 cm³/mol. The van der Waals surface area contributed by atoms with Crippen LogP contribution in [0.2, 0.25) is 5.02 Å². The van der Waals surface area contributed by atoms with E-state index in [9.17, 15) is 4.79 Å². The maximum atomic E-state index is 11.5. The van der Waals surface area contributed by atoms with Crippen LogP contribution in [0, 0.1) is 0 Å². The number of benzene rings is 1. The van der Waals surface area contributed by atoms with Gasteiger partial charge in [0.15, 0.2) is 5.82 Å². The molecule has 0 aliphatic rings. The molecule has 0 atom stereocenters. The number of nitrogens with zero attached hydrogens (tertiary/aromatic N) is 2. The SMILES string of the molecule is COc1cc(-c2nc(C(=O)Cl)[nH]c2-c2ccncc2)ccc1Cl. The summed E-state index contributed by atoms with van der Waals surface area (Å²) in [4.78, 5) is 22.7. The molecule has 0 radical (unpaired) electrons. The van der Waals surface area contributed by atoms with Gasteiger partial charge in [-0.1, -0.05) is 17.7 Å². The predicted octanol–water partition coefficient (Wildman–Crippen LogP) is 4.18. The van der Waals surface area contributed by atoms with Crippen LogP contribution in [0.5, 0.6) is 5.75 Å². The smallest absolute Gasteiger partial charge is 0.287 e. The fourth-order valence-corrected chi connectivity index (χ4v) is 2.49. The topological polar surface area (TPSA) is 67.9 Å². The first-order valence-corrected chi connectivity index (χ1v) is 7.40. The first-order chi connectivity index (χ1) is 11.1. The Morgan fingerprint density at radius 2 is 1.91 bits per heavy atom. The van der Waals surface area contributed by atoms with Gasteiger partial charge in [-0.25, -0.2) is 4.98 Å². The second-order valence-electron chi connectivity index (χ2n) is 4.67. The maximum absolute atomic E-state index is 11.5. The van der Waals surface area contributed by atoms with E-state index in [1.54, 1.807) is 30.6 Å². The number of imidazole rings is 1. The van der Waals surface area contributed by atoms with Gasteiger partial charge in [-0.15, -0.1) is 0 Å². The molecule has 3 aromatic rings. The highest BCUT2D eigenvalue weighted by molar-refractivity contribution is 6.67. The van der Waals surface area contributed by atoms with E-state index < -0.39 is 5.24 Å². The van der Waals surface area contributed by atoms with E-state index in [4.69, 9.17) is 27.9 Å². The fourth-order valence-electron chi connectivity index (χ4n) is 2.21. The Balaban J connectivity index is 2.20. The molecule has 1 aromatic carbocycles. The largest absolute Gasteiger partial charge is 0.495 e. The molecule has 2 aromatic heterocycles. The molecular weight excluding hydrogens is 337 g/mol. The molecule has 3 rings (SSSR count). The second-order valence-corrected chi connectivity index (χ2v) is 5.42. The zero-order valence-corrected chi connectivity index (χ0v) is 13.5. The van der Waals surface area contributed by atoms with Gasteiger partial charge in [0.05, 0.1) is 23.5 Å². The van der Waals surface area contributed by atoms with Crippen molar-refractivity contribution in [2.24, 2.45) is 0 Å². The molecule has 0 aliphatic carbocycles. The molecule has 116 valence electrons. The summed E-state index contributed by atoms with van der Waals surface area (Å²) in [7, 11) is 1.53. The molecule has 0 saturated carbocycles. The van der Waals surface area contributed by atoms with Gasteiger partial charge in [0, 0.05) is 23.5 Å². The lowest BCUT2D eigenvalue weighted by molar-refractivity contribution is 0.107. The van der Waals surface area contributed by atoms with Crippen molar-refractivity contribution >= 4 is 28.4 Å². The summed E-state index contributed by atoms with van der Waals surface area (Å²) in [5, 5.41) is -0.168. The molecule has 0 saturated heterocycles. The molecule has 2 heterocycles. The number of hydrogen-bond acceptors (Lipinski definition) is 4. The van der Waals surface area contributed by atoms with Crippen molar-refractivity contribution in [1.82, 2.24) is 15.0 Å². The first kappa shape index (κ1) is 15.5. The lowest BCUT2D eigenvalue weighted by Crippen LogP contribution is -1.91. The monoisotopic (exact) mass is 347 g/mol. The zero-order chi connectivity index (χ0) is 16.4. The molecule has 5 nitrogen and oxygen atoms in total. The van der Waals surface area contributed by atoms with Gasteiger partial charge in [-0.05, 0) is 35.9 Å². The Labute approximate surface area is 142 Å². The number of carbonyl (C=O) groups is 1. The minimum absolute atomic E-state index is 0.0717. The molecule has 0 aliphatic heterocycles. The lowest BCUT2D eigenvalue weighted by Gasteiger charge is -2.07. The third-order valence-corrected chi connectivity index (χ3v) is 3.77. The molecule has 0 spiro atoms. The van der Waals surface area contributed by atoms with Gasteiger partial charge in [-0.2, -0.15) is 0 Å². The Hall–Kier alpha value is -2.37. The average Bonchev–Trinajstić information content (AvgIpc) is 3.02. The quantitative estimate of drug-likeness (QED) is 0.718. The molecule has 7 heteroatoms. The van der Waals surface area contributed by atoms with Gasteiger partial charge < -0.3 is 9.72 Å². The Kier molecular flexibility index (Phi) is 4.32. The summed E-state index contributed by atoms with van der Waals surface area (Å²) < 4.78 is 5.23. The van der Waals surface area contributed by atoms with E-state index in [0.717, 1.165) is 11.1 Å². The van der Waals surface area contributed by atoms with Crippen molar-refractivity contribution in [1.29, 1.82) is 0 Å². The van der Waals surface area contributed by atoms with Crippen molar-refractivity contribution in [2.75, 3.05) is 7.11 Å². The van der Waals surface area contributed by atoms with E-state index in [2.05, 4.69) is 15.0 Å². The van der Waals surface area contributed by atoms with Crippen LogP contribution in [-0.4, -0.2) is 27.3 Å². The minimum atomic E-state index is -0.660. The van der Waals surface area contributed by atoms with Crippen LogP contribution in [0.3, 0.4) is 0 Å². The summed E-state index contributed by atoms with van der Waals surface area (Å²) >= 11 is 11.6. The number of nitrogens with one attached hydrogen (secondary N) is 1. The van der Waals surface area contributed by atoms with Crippen molar-refractivity contribution in [3.63, 3.8) is 0 Å². The third-order valence-electron chi connectivity index (χ3n) is 3.28. The average molecular weight is 348 g/mol. The van der Waals surface area contributed by atoms with Crippen LogP contribution in [0.15, 0.2) is 42.7 Å². The number of aromatic nitrogens is 3. The van der Waals surface area contributed by atoms with E-state index in [1.165, 1.54) is 7.11 Å². The van der Waals surface area contributed by atoms with Crippen LogP contribution >= 0.6 is 23.2 Å². The van der Waals surface area contributed by atoms with Crippen molar-refractivity contribution in [3.05, 3.63) is 53.6 Å². The standard InChI is InChI=1S/C16H11Cl2N3O2/c1-23-12-8-10(2-3-11(12)17)14-13(9-4-6-19-7-5-9)20-16(21-14)15(18)22/h2-8H,1H3,(H,20,21). The van der Waals surface area contributed by atoms with Gasteiger partial charge in [0.1, 0.15) is 5.75 Å². The minimum Gasteiger partial charge on any atom is -0.495 e. The summed E-state index contributed by atoms with van der Waals surface area (Å²) in [6, 6.07) is 8.89. The second kappa shape index (κ2) is 6.40. The number of methoxy groups -OCH3 is 1. The lowest BCUT2D eigenvalue weighted by atomic mass is 10.1. The van der Waals surface area contributed by atoms with Crippen LogP contribution in [-0.2, 0) is 0 Å². The number of rotatable bonds is 4. The number of H-pyrrole nitrogens is 1. The third kappa shape index (κ3) is 3.06. The zero-order valence-electron chi connectivity index (χ0n) is 12.0. The molecule has 1 N–H and O–H groups in total. The normalized spacial score (nSPS) is 10.6. The Bertz CT molecular complexity index is 863. The number of aromatic amines is 1. The van der Waals surface area contributed by atoms with Crippen LogP contribution in [0.4, 0.5) is 0 Å². The summed E-state index contributed by atoms with van der Waals surface area (Å²) in [5.74, 6) is 0.592. The van der Waals surface area contributed by atoms with E-state index in [-0.39, 0.29) is 5.82 Å². The van der Waals surface area contributed by atoms with Crippen molar-refractivity contribution in [3.8, 4) is 28.3 Å². The highest BCUT2D eigenvalue weighted by Gasteiger charge is 2.18. The van der Waals surface area contributed by atoms with Gasteiger partial charge in [0.25, 0.3) is 5.24 Å². The summed E-state index contributed by atoms with van der Waals surface area (Å²) in [5.41, 5.74) is 2.83. The number of halogens is 2. The Morgan fingerprint density at radius 1 is 1.17 bits per heavy atom. The molecular formula is C16H11Cl2N3O2. The van der Waals surface area contributed by atoms with E-state index in [0.29, 0.717) is 22.2 Å². The first-order valence-electron chi connectivity index (χ1n) is 6.64. The van der Waals surface area contributed by atoms with Crippen molar-refractivity contribution < 1.29 is 9.53 Å². The molecule has 0 amide bonds. The fraction of sp³-hybridized carbons (Fsp3) is 0.0625. The number of hydrogen-bond donors (Lipinski definition) is 1. The molecule has 0 bridgehead atoms. The van der Waals surface area contributed by atoms with Crippen LogP contribution in [0.1, 0.15) is 10.6 Å². The van der Waals surface area contributed by atoms with Gasteiger partial charge >= 0.3 is 0 Å². The molecule has 0 fully saturated rings. The van der Waals surface area contributed by atoms with E-state index >= 15 is 0 Å². The van der Waals surface area contributed by atoms with E-state index in [1.807, 2.05) is 12.1 Å². The van der Waals surface area contributed by atoms with Crippen molar-refractivity contribution in [2.45, 2.75) is 0 Å². The highest BCUT2D eigenvalue weighted by Crippen LogP contribution is 2.34. The molecule has 23 heavy (non-hydrogen) atoms. The summed E-state index contributed by atoms with van der Waals surface area (Å²) in [6.07, 6.45) is 3.31.